The minimum absolute atomic E-state index is 0.0401. The van der Waals surface area contributed by atoms with Gasteiger partial charge in [-0.25, -0.2) is 0 Å². The van der Waals surface area contributed by atoms with Crippen LogP contribution in [0.3, 0.4) is 0 Å². The molecular weight excluding hydrogens is 284 g/mol. The summed E-state index contributed by atoms with van der Waals surface area (Å²) < 4.78 is 16.1. The fourth-order valence-corrected chi connectivity index (χ4v) is 2.52. The Morgan fingerprint density at radius 1 is 1.41 bits per heavy atom. The van der Waals surface area contributed by atoms with Crippen LogP contribution in [0.5, 0.6) is 5.75 Å². The molecule has 1 saturated heterocycles. The highest BCUT2D eigenvalue weighted by Crippen LogP contribution is 2.30. The molecular formula is C16H18N2O4. The number of ether oxygens (including phenoxy) is 2. The van der Waals surface area contributed by atoms with Crippen molar-refractivity contribution in [1.29, 1.82) is 0 Å². The Morgan fingerprint density at radius 2 is 2.23 bits per heavy atom. The highest BCUT2D eigenvalue weighted by Gasteiger charge is 2.25. The van der Waals surface area contributed by atoms with Gasteiger partial charge < -0.3 is 18.9 Å². The highest BCUT2D eigenvalue weighted by molar-refractivity contribution is 5.93. The van der Waals surface area contributed by atoms with Crippen LogP contribution in [0.2, 0.25) is 0 Å². The molecule has 1 aliphatic rings. The number of aromatic nitrogens is 1. The molecule has 116 valence electrons. The van der Waals surface area contributed by atoms with Gasteiger partial charge in [0.05, 0.1) is 25.4 Å². The van der Waals surface area contributed by atoms with E-state index < -0.39 is 0 Å². The number of carbonyl (C=O) groups is 1. The fraction of sp³-hybridized carbons (Fsp3) is 0.375. The van der Waals surface area contributed by atoms with E-state index in [1.54, 1.807) is 18.1 Å². The van der Waals surface area contributed by atoms with Crippen molar-refractivity contribution >= 4 is 5.91 Å². The van der Waals surface area contributed by atoms with Gasteiger partial charge in [0.15, 0.2) is 11.5 Å². The van der Waals surface area contributed by atoms with E-state index in [0.29, 0.717) is 36.9 Å². The summed E-state index contributed by atoms with van der Waals surface area (Å²) in [6.07, 6.45) is 0.0401. The Labute approximate surface area is 128 Å². The number of benzene rings is 1. The molecule has 1 aromatic heterocycles. The summed E-state index contributed by atoms with van der Waals surface area (Å²) in [6, 6.07) is 9.11. The highest BCUT2D eigenvalue weighted by atomic mass is 16.5. The first-order valence-corrected chi connectivity index (χ1v) is 7.20. The van der Waals surface area contributed by atoms with Gasteiger partial charge in [-0.15, -0.1) is 0 Å². The summed E-state index contributed by atoms with van der Waals surface area (Å²) in [5, 5.41) is 3.91. The number of amides is 1. The zero-order valence-corrected chi connectivity index (χ0v) is 12.6. The van der Waals surface area contributed by atoms with Crippen molar-refractivity contribution in [2.75, 3.05) is 26.8 Å². The molecule has 0 unspecified atom stereocenters. The van der Waals surface area contributed by atoms with E-state index in [4.69, 9.17) is 14.0 Å². The van der Waals surface area contributed by atoms with Gasteiger partial charge in [0.1, 0.15) is 5.75 Å². The largest absolute Gasteiger partial charge is 0.496 e. The van der Waals surface area contributed by atoms with Crippen LogP contribution in [-0.4, -0.2) is 48.9 Å². The zero-order chi connectivity index (χ0) is 15.5. The molecule has 6 heteroatoms. The van der Waals surface area contributed by atoms with E-state index in [2.05, 4.69) is 5.16 Å². The molecule has 0 radical (unpaired) electrons. The Bertz CT molecular complexity index is 668. The second kappa shape index (κ2) is 6.19. The van der Waals surface area contributed by atoms with E-state index >= 15 is 0 Å². The molecule has 0 bridgehead atoms. The van der Waals surface area contributed by atoms with E-state index in [1.807, 2.05) is 31.2 Å². The number of methoxy groups -OCH3 is 1. The van der Waals surface area contributed by atoms with Gasteiger partial charge in [-0.2, -0.15) is 0 Å². The van der Waals surface area contributed by atoms with Gasteiger partial charge >= 0.3 is 0 Å². The summed E-state index contributed by atoms with van der Waals surface area (Å²) in [4.78, 5) is 14.2. The zero-order valence-electron chi connectivity index (χ0n) is 12.6. The molecule has 22 heavy (non-hydrogen) atoms. The predicted octanol–water partition coefficient (Wildman–Crippen LogP) is 2.21. The maximum atomic E-state index is 12.5. The molecule has 1 aliphatic heterocycles. The van der Waals surface area contributed by atoms with Gasteiger partial charge in [-0.05, 0) is 19.1 Å². The molecule has 1 fully saturated rings. The van der Waals surface area contributed by atoms with Gasteiger partial charge in [0.25, 0.3) is 5.91 Å². The second-order valence-electron chi connectivity index (χ2n) is 5.21. The number of hydrogen-bond acceptors (Lipinski definition) is 5. The first-order chi connectivity index (χ1) is 10.7. The lowest BCUT2D eigenvalue weighted by Crippen LogP contribution is -2.44. The van der Waals surface area contributed by atoms with Crippen LogP contribution >= 0.6 is 0 Å². The Kier molecular flexibility index (Phi) is 4.11. The minimum atomic E-state index is -0.139. The minimum Gasteiger partial charge on any atom is -0.496 e. The molecule has 2 aromatic rings. The number of carbonyl (C=O) groups excluding carboxylic acids is 1. The van der Waals surface area contributed by atoms with Crippen LogP contribution in [0.15, 0.2) is 34.9 Å². The molecule has 0 N–H and O–H groups in total. The van der Waals surface area contributed by atoms with Crippen molar-refractivity contribution in [3.8, 4) is 17.1 Å². The number of para-hydroxylation sites is 1. The Morgan fingerprint density at radius 3 is 3.00 bits per heavy atom. The van der Waals surface area contributed by atoms with Crippen molar-refractivity contribution in [3.05, 3.63) is 36.0 Å². The lowest BCUT2D eigenvalue weighted by Gasteiger charge is -2.30. The van der Waals surface area contributed by atoms with Crippen molar-refractivity contribution < 1.29 is 18.8 Å². The SMILES string of the molecule is COc1ccccc1-c1cc(C(=O)N2CCO[C@@H](C)C2)no1. The Balaban J connectivity index is 1.83. The van der Waals surface area contributed by atoms with Crippen molar-refractivity contribution in [2.24, 2.45) is 0 Å². The van der Waals surface area contributed by atoms with Gasteiger partial charge in [-0.1, -0.05) is 17.3 Å². The smallest absolute Gasteiger partial charge is 0.276 e. The molecule has 0 spiro atoms. The molecule has 1 amide bonds. The standard InChI is InChI=1S/C16H18N2O4/c1-11-10-18(7-8-21-11)16(19)13-9-15(22-17-13)12-5-3-4-6-14(12)20-2/h3-6,9,11H,7-8,10H2,1-2H3/t11-/m0/s1. The van der Waals surface area contributed by atoms with E-state index in [1.165, 1.54) is 0 Å². The topological polar surface area (TPSA) is 64.8 Å². The third-order valence-electron chi connectivity index (χ3n) is 3.63. The monoisotopic (exact) mass is 302 g/mol. The maximum Gasteiger partial charge on any atom is 0.276 e. The molecule has 1 atom stereocenters. The van der Waals surface area contributed by atoms with Crippen LogP contribution in [-0.2, 0) is 4.74 Å². The average molecular weight is 302 g/mol. The van der Waals surface area contributed by atoms with Crippen LogP contribution in [0, 0.1) is 0 Å². The van der Waals surface area contributed by atoms with Crippen molar-refractivity contribution in [1.82, 2.24) is 10.1 Å². The van der Waals surface area contributed by atoms with Gasteiger partial charge in [0.2, 0.25) is 0 Å². The fourth-order valence-electron chi connectivity index (χ4n) is 2.52. The van der Waals surface area contributed by atoms with Gasteiger partial charge in [0, 0.05) is 19.2 Å². The molecule has 0 aliphatic carbocycles. The third kappa shape index (κ3) is 2.82. The number of nitrogens with zero attached hydrogens (tertiary/aromatic N) is 2. The molecule has 3 rings (SSSR count). The molecule has 0 saturated carbocycles. The molecule has 6 nitrogen and oxygen atoms in total. The number of hydrogen-bond donors (Lipinski definition) is 0. The van der Waals surface area contributed by atoms with Gasteiger partial charge in [-0.3, -0.25) is 4.79 Å². The van der Waals surface area contributed by atoms with Crippen LogP contribution in [0.4, 0.5) is 0 Å². The third-order valence-corrected chi connectivity index (χ3v) is 3.63. The summed E-state index contributed by atoms with van der Waals surface area (Å²) >= 11 is 0. The quantitative estimate of drug-likeness (QED) is 0.869. The van der Waals surface area contributed by atoms with Crippen molar-refractivity contribution in [2.45, 2.75) is 13.0 Å². The first kappa shape index (κ1) is 14.6. The summed E-state index contributed by atoms with van der Waals surface area (Å²) in [5.74, 6) is 1.06. The van der Waals surface area contributed by atoms with E-state index in [0.717, 1.165) is 5.56 Å². The molecule has 2 heterocycles. The van der Waals surface area contributed by atoms with Crippen LogP contribution in [0.1, 0.15) is 17.4 Å². The number of morpholine rings is 1. The molecule has 1 aromatic carbocycles. The normalized spacial score (nSPS) is 18.3. The predicted molar refractivity (Wildman–Crippen MR) is 79.8 cm³/mol. The Hall–Kier alpha value is -2.34. The lowest BCUT2D eigenvalue weighted by atomic mass is 10.1. The van der Waals surface area contributed by atoms with E-state index in [9.17, 15) is 4.79 Å². The van der Waals surface area contributed by atoms with Crippen molar-refractivity contribution in [3.63, 3.8) is 0 Å². The second-order valence-corrected chi connectivity index (χ2v) is 5.21. The summed E-state index contributed by atoms with van der Waals surface area (Å²) in [6.45, 7) is 3.63. The van der Waals surface area contributed by atoms with Crippen LogP contribution < -0.4 is 4.74 Å². The lowest BCUT2D eigenvalue weighted by molar-refractivity contribution is -0.0127. The first-order valence-electron chi connectivity index (χ1n) is 7.20. The number of rotatable bonds is 3. The maximum absolute atomic E-state index is 12.5. The van der Waals surface area contributed by atoms with E-state index in [-0.39, 0.29) is 12.0 Å². The van der Waals surface area contributed by atoms with Crippen LogP contribution in [0.25, 0.3) is 11.3 Å². The summed E-state index contributed by atoms with van der Waals surface area (Å²) in [5.41, 5.74) is 1.07. The summed E-state index contributed by atoms with van der Waals surface area (Å²) in [7, 11) is 1.59. The average Bonchev–Trinajstić information content (AvgIpc) is 3.04.